The summed E-state index contributed by atoms with van der Waals surface area (Å²) in [5, 5.41) is 3.14. The molecule has 1 atom stereocenters. The number of halogens is 1. The maximum absolute atomic E-state index is 13.8. The number of benzene rings is 3. The summed E-state index contributed by atoms with van der Waals surface area (Å²) < 4.78 is 33.6. The highest BCUT2D eigenvalue weighted by molar-refractivity contribution is 7.92. The Morgan fingerprint density at radius 1 is 1.00 bits per heavy atom. The second-order valence-electron chi connectivity index (χ2n) is 8.64. The molecule has 0 aromatic heterocycles. The summed E-state index contributed by atoms with van der Waals surface area (Å²) in [6.45, 7) is 3.59. The molecule has 0 heterocycles. The van der Waals surface area contributed by atoms with Crippen molar-refractivity contribution in [2.45, 2.75) is 37.8 Å². The van der Waals surface area contributed by atoms with Crippen molar-refractivity contribution in [3.63, 3.8) is 0 Å². The Bertz CT molecular complexity index is 1330. The molecule has 1 unspecified atom stereocenters. The molecule has 3 aromatic rings. The van der Waals surface area contributed by atoms with Crippen LogP contribution < -0.4 is 14.4 Å². The highest BCUT2D eigenvalue weighted by Gasteiger charge is 2.32. The number of ether oxygens (including phenoxy) is 1. The highest BCUT2D eigenvalue weighted by Crippen LogP contribution is 2.27. The third-order valence-corrected chi connectivity index (χ3v) is 7.96. The van der Waals surface area contributed by atoms with Crippen molar-refractivity contribution in [2.75, 3.05) is 24.5 Å². The van der Waals surface area contributed by atoms with E-state index in [0.717, 1.165) is 16.3 Å². The van der Waals surface area contributed by atoms with Gasteiger partial charge in [-0.25, -0.2) is 8.42 Å². The lowest BCUT2D eigenvalue weighted by atomic mass is 10.1. The molecular weight excluding hydrogens is 526 g/mol. The summed E-state index contributed by atoms with van der Waals surface area (Å²) in [6.07, 6.45) is 0.739. The van der Waals surface area contributed by atoms with E-state index < -0.39 is 28.5 Å². The third-order valence-electron chi connectivity index (χ3n) is 5.93. The van der Waals surface area contributed by atoms with E-state index in [1.165, 1.54) is 23.1 Å². The molecule has 0 saturated carbocycles. The van der Waals surface area contributed by atoms with Crippen LogP contribution >= 0.6 is 11.6 Å². The molecule has 0 saturated heterocycles. The zero-order valence-electron chi connectivity index (χ0n) is 21.6. The second-order valence-corrected chi connectivity index (χ2v) is 10.9. The molecule has 0 aliphatic heterocycles. The average Bonchev–Trinajstić information content (AvgIpc) is 2.93. The molecule has 202 valence electrons. The molecule has 0 radical (unpaired) electrons. The molecule has 0 aliphatic rings. The molecule has 0 bridgehead atoms. The molecule has 3 aromatic carbocycles. The lowest BCUT2D eigenvalue weighted by molar-refractivity contribution is -0.139. The molecule has 1 N–H and O–H groups in total. The van der Waals surface area contributed by atoms with Crippen molar-refractivity contribution in [3.05, 3.63) is 89.4 Å². The summed E-state index contributed by atoms with van der Waals surface area (Å²) in [6, 6.07) is 20.4. The van der Waals surface area contributed by atoms with Crippen molar-refractivity contribution in [3.8, 4) is 5.75 Å². The van der Waals surface area contributed by atoms with Crippen LogP contribution in [0.15, 0.2) is 83.8 Å². The fourth-order valence-electron chi connectivity index (χ4n) is 3.79. The van der Waals surface area contributed by atoms with E-state index in [1.807, 2.05) is 6.92 Å². The third kappa shape index (κ3) is 7.26. The lowest BCUT2D eigenvalue weighted by Gasteiger charge is -2.32. The van der Waals surface area contributed by atoms with Crippen LogP contribution in [-0.4, -0.2) is 51.4 Å². The number of anilines is 1. The van der Waals surface area contributed by atoms with Crippen LogP contribution in [0.1, 0.15) is 25.8 Å². The van der Waals surface area contributed by atoms with Crippen molar-refractivity contribution in [2.24, 2.45) is 0 Å². The van der Waals surface area contributed by atoms with Gasteiger partial charge in [0, 0.05) is 18.1 Å². The maximum Gasteiger partial charge on any atom is 0.264 e. The van der Waals surface area contributed by atoms with Crippen molar-refractivity contribution in [1.82, 2.24) is 10.2 Å². The van der Waals surface area contributed by atoms with E-state index in [0.29, 0.717) is 17.3 Å². The minimum Gasteiger partial charge on any atom is -0.497 e. The summed E-state index contributed by atoms with van der Waals surface area (Å²) in [5.41, 5.74) is 0.997. The van der Waals surface area contributed by atoms with Gasteiger partial charge in [-0.1, -0.05) is 54.9 Å². The highest BCUT2D eigenvalue weighted by atomic mass is 35.5. The predicted molar refractivity (Wildman–Crippen MR) is 149 cm³/mol. The molecular formula is C28H32ClN3O5S. The number of rotatable bonds is 12. The quantitative estimate of drug-likeness (QED) is 0.354. The van der Waals surface area contributed by atoms with Crippen LogP contribution in [0.5, 0.6) is 5.75 Å². The molecule has 0 aliphatic carbocycles. The van der Waals surface area contributed by atoms with Gasteiger partial charge in [0.2, 0.25) is 11.8 Å². The van der Waals surface area contributed by atoms with Gasteiger partial charge in [-0.05, 0) is 61.4 Å². The maximum atomic E-state index is 13.8. The van der Waals surface area contributed by atoms with Gasteiger partial charge >= 0.3 is 0 Å². The Balaban J connectivity index is 2.00. The zero-order chi connectivity index (χ0) is 27.7. The first kappa shape index (κ1) is 29.0. The first-order chi connectivity index (χ1) is 18.2. The van der Waals surface area contributed by atoms with Crippen LogP contribution in [0.25, 0.3) is 0 Å². The Morgan fingerprint density at radius 2 is 1.68 bits per heavy atom. The first-order valence-electron chi connectivity index (χ1n) is 12.2. The van der Waals surface area contributed by atoms with Gasteiger partial charge in [-0.15, -0.1) is 0 Å². The lowest BCUT2D eigenvalue weighted by Crippen LogP contribution is -2.51. The summed E-state index contributed by atoms with van der Waals surface area (Å²) in [5.74, 6) is -0.213. The van der Waals surface area contributed by atoms with Gasteiger partial charge in [-0.2, -0.15) is 0 Å². The number of methoxy groups -OCH3 is 1. The number of nitrogens with zero attached hydrogens (tertiary/aromatic N) is 2. The molecule has 38 heavy (non-hydrogen) atoms. The molecule has 2 amide bonds. The normalized spacial score (nSPS) is 11.9. The minimum atomic E-state index is -4.13. The van der Waals surface area contributed by atoms with Crippen molar-refractivity contribution >= 4 is 39.1 Å². The van der Waals surface area contributed by atoms with Gasteiger partial charge < -0.3 is 15.0 Å². The van der Waals surface area contributed by atoms with Gasteiger partial charge in [0.1, 0.15) is 18.3 Å². The predicted octanol–water partition coefficient (Wildman–Crippen LogP) is 4.49. The number of hydrogen-bond acceptors (Lipinski definition) is 5. The number of nitrogens with one attached hydrogen (secondary N) is 1. The largest absolute Gasteiger partial charge is 0.497 e. The Hall–Kier alpha value is -3.56. The fourth-order valence-corrected chi connectivity index (χ4v) is 5.40. The van der Waals surface area contributed by atoms with Crippen LogP contribution in [0.2, 0.25) is 5.02 Å². The van der Waals surface area contributed by atoms with E-state index in [2.05, 4.69) is 5.32 Å². The van der Waals surface area contributed by atoms with Gasteiger partial charge in [0.25, 0.3) is 10.0 Å². The van der Waals surface area contributed by atoms with Crippen molar-refractivity contribution in [1.29, 1.82) is 0 Å². The summed E-state index contributed by atoms with van der Waals surface area (Å²) >= 11 is 6.18. The molecule has 0 fully saturated rings. The number of hydrogen-bond donors (Lipinski definition) is 1. The smallest absolute Gasteiger partial charge is 0.264 e. The van der Waals surface area contributed by atoms with E-state index in [4.69, 9.17) is 16.3 Å². The monoisotopic (exact) mass is 557 g/mol. The van der Waals surface area contributed by atoms with Gasteiger partial charge in [0.05, 0.1) is 17.7 Å². The van der Waals surface area contributed by atoms with Gasteiger partial charge in [0.15, 0.2) is 0 Å². The topological polar surface area (TPSA) is 96.0 Å². The second kappa shape index (κ2) is 13.3. The standard InChI is InChI=1S/C28H32ClN3O5S/c1-4-17-30-28(34)21(2)31(19-22-13-15-25(37-3)16-14-22)27(33)20-32(24-10-8-9-23(29)18-24)38(35,36)26-11-6-5-7-12-26/h5-16,18,21H,4,17,19-20H2,1-3H3,(H,30,34). The number of carbonyl (C=O) groups is 2. The Morgan fingerprint density at radius 3 is 2.29 bits per heavy atom. The van der Waals surface area contributed by atoms with E-state index in [-0.39, 0.29) is 23.0 Å². The van der Waals surface area contributed by atoms with E-state index in [1.54, 1.807) is 74.7 Å². The Kier molecular flexibility index (Phi) is 10.2. The van der Waals surface area contributed by atoms with E-state index >= 15 is 0 Å². The minimum absolute atomic E-state index is 0.0308. The van der Waals surface area contributed by atoms with Crippen LogP contribution in [0.3, 0.4) is 0 Å². The number of carbonyl (C=O) groups excluding carboxylic acids is 2. The first-order valence-corrected chi connectivity index (χ1v) is 14.0. The zero-order valence-corrected chi connectivity index (χ0v) is 23.2. The fraction of sp³-hybridized carbons (Fsp3) is 0.286. The SMILES string of the molecule is CCCNC(=O)C(C)N(Cc1ccc(OC)cc1)C(=O)CN(c1cccc(Cl)c1)S(=O)(=O)c1ccccc1. The molecule has 0 spiro atoms. The summed E-state index contributed by atoms with van der Waals surface area (Å²) in [4.78, 5) is 28.1. The Labute approximate surface area is 229 Å². The molecule has 10 heteroatoms. The summed E-state index contributed by atoms with van der Waals surface area (Å²) in [7, 11) is -2.57. The average molecular weight is 558 g/mol. The van der Waals surface area contributed by atoms with Crippen LogP contribution in [-0.2, 0) is 26.2 Å². The van der Waals surface area contributed by atoms with Crippen LogP contribution in [0.4, 0.5) is 5.69 Å². The van der Waals surface area contributed by atoms with E-state index in [9.17, 15) is 18.0 Å². The number of amides is 2. The van der Waals surface area contributed by atoms with Crippen LogP contribution in [0, 0.1) is 0 Å². The molecule has 3 rings (SSSR count). The van der Waals surface area contributed by atoms with Crippen molar-refractivity contribution < 1.29 is 22.7 Å². The molecule has 8 nitrogen and oxygen atoms in total. The number of sulfonamides is 1. The van der Waals surface area contributed by atoms with Gasteiger partial charge in [-0.3, -0.25) is 13.9 Å².